The van der Waals surface area contributed by atoms with Crippen molar-refractivity contribution in [2.45, 2.75) is 13.8 Å². The third-order valence-electron chi connectivity index (χ3n) is 3.13. The Morgan fingerprint density at radius 2 is 1.91 bits per heavy atom. The van der Waals surface area contributed by atoms with Crippen LogP contribution in [0.15, 0.2) is 47.6 Å². The first-order chi connectivity index (χ1) is 10.5. The van der Waals surface area contributed by atoms with E-state index in [9.17, 15) is 4.79 Å². The van der Waals surface area contributed by atoms with E-state index >= 15 is 0 Å². The molecule has 0 saturated heterocycles. The minimum atomic E-state index is -0.253. The zero-order valence-corrected chi connectivity index (χ0v) is 13.2. The highest BCUT2D eigenvalue weighted by atomic mass is 35.5. The third kappa shape index (κ3) is 4.90. The maximum absolute atomic E-state index is 11.7. The zero-order chi connectivity index (χ0) is 15.9. The van der Waals surface area contributed by atoms with Crippen LogP contribution in [0.2, 0.25) is 5.02 Å². The number of hydrogen-bond donors (Lipinski definition) is 1. The number of benzene rings is 2. The number of anilines is 1. The number of carbonyl (C=O) groups is 1. The molecule has 1 N–H and O–H groups in total. The van der Waals surface area contributed by atoms with Crippen LogP contribution in [0.5, 0.6) is 0 Å². The molecule has 22 heavy (non-hydrogen) atoms. The third-order valence-corrected chi connectivity index (χ3v) is 3.38. The fraction of sp³-hybridized carbons (Fsp3) is 0.176. The fourth-order valence-corrected chi connectivity index (χ4v) is 1.89. The van der Waals surface area contributed by atoms with E-state index in [1.807, 2.05) is 44.2 Å². The number of nitrogens with one attached hydrogen (secondary N) is 1. The molecule has 0 fully saturated rings. The molecule has 114 valence electrons. The molecule has 2 rings (SSSR count). The summed E-state index contributed by atoms with van der Waals surface area (Å²) in [6, 6.07) is 12.9. The number of oxime groups is 1. The lowest BCUT2D eigenvalue weighted by atomic mass is 10.1. The Morgan fingerprint density at radius 3 is 2.59 bits per heavy atom. The lowest BCUT2D eigenvalue weighted by Gasteiger charge is -2.06. The molecule has 2 aromatic rings. The molecule has 0 unspecified atom stereocenters. The van der Waals surface area contributed by atoms with E-state index < -0.39 is 0 Å². The van der Waals surface area contributed by atoms with E-state index in [1.54, 1.807) is 12.1 Å². The first-order valence-corrected chi connectivity index (χ1v) is 7.20. The molecule has 0 atom stereocenters. The normalized spacial score (nSPS) is 10.7. The molecular weight excluding hydrogens is 300 g/mol. The average Bonchev–Trinajstić information content (AvgIpc) is 2.49. The van der Waals surface area contributed by atoms with Crippen molar-refractivity contribution in [1.82, 2.24) is 0 Å². The molecule has 0 bridgehead atoms. The smallest absolute Gasteiger partial charge is 0.265 e. The van der Waals surface area contributed by atoms with Crippen LogP contribution in [0.1, 0.15) is 16.7 Å². The fourth-order valence-electron chi connectivity index (χ4n) is 1.76. The maximum Gasteiger partial charge on any atom is 0.265 e. The topological polar surface area (TPSA) is 50.7 Å². The maximum atomic E-state index is 11.7. The molecule has 2 aromatic carbocycles. The second-order valence-corrected chi connectivity index (χ2v) is 5.34. The number of amides is 1. The zero-order valence-electron chi connectivity index (χ0n) is 12.5. The van der Waals surface area contributed by atoms with Gasteiger partial charge in [0.15, 0.2) is 6.61 Å². The standard InChI is InChI=1S/C17H17ClN2O2/c1-12-3-8-16(9-13(12)2)20-17(21)11-22-19-10-14-4-6-15(18)7-5-14/h3-10H,11H2,1-2H3,(H,20,21)/b19-10-. The molecule has 0 heterocycles. The van der Waals surface area contributed by atoms with Gasteiger partial charge in [-0.2, -0.15) is 0 Å². The Hall–Kier alpha value is -2.33. The van der Waals surface area contributed by atoms with Crippen molar-refractivity contribution in [2.75, 3.05) is 11.9 Å². The molecule has 5 heteroatoms. The summed E-state index contributed by atoms with van der Waals surface area (Å²) in [5.74, 6) is -0.253. The van der Waals surface area contributed by atoms with Gasteiger partial charge in [0.1, 0.15) is 0 Å². The molecule has 0 radical (unpaired) electrons. The molecule has 0 aliphatic heterocycles. The summed E-state index contributed by atoms with van der Waals surface area (Å²) in [6.45, 7) is 3.88. The van der Waals surface area contributed by atoms with Gasteiger partial charge in [0, 0.05) is 10.7 Å². The summed E-state index contributed by atoms with van der Waals surface area (Å²) in [5.41, 5.74) is 3.90. The highest BCUT2D eigenvalue weighted by Crippen LogP contribution is 2.14. The average molecular weight is 317 g/mol. The SMILES string of the molecule is Cc1ccc(NC(=O)CO/N=C\c2ccc(Cl)cc2)cc1C. The Labute approximate surface area is 134 Å². The van der Waals surface area contributed by atoms with E-state index in [-0.39, 0.29) is 12.5 Å². The Balaban J connectivity index is 1.80. The second-order valence-electron chi connectivity index (χ2n) is 4.91. The van der Waals surface area contributed by atoms with E-state index in [0.29, 0.717) is 5.02 Å². The minimum Gasteiger partial charge on any atom is -0.386 e. The summed E-state index contributed by atoms with van der Waals surface area (Å²) in [4.78, 5) is 16.7. The lowest BCUT2D eigenvalue weighted by molar-refractivity contribution is -0.120. The van der Waals surface area contributed by atoms with Crippen molar-refractivity contribution < 1.29 is 9.63 Å². The highest BCUT2D eigenvalue weighted by molar-refractivity contribution is 6.30. The van der Waals surface area contributed by atoms with Crippen LogP contribution < -0.4 is 5.32 Å². The van der Waals surface area contributed by atoms with Gasteiger partial charge in [0.25, 0.3) is 5.91 Å². The number of aryl methyl sites for hydroxylation is 2. The molecule has 4 nitrogen and oxygen atoms in total. The van der Waals surface area contributed by atoms with Crippen molar-refractivity contribution in [1.29, 1.82) is 0 Å². The van der Waals surface area contributed by atoms with E-state index in [4.69, 9.17) is 16.4 Å². The molecule has 0 aromatic heterocycles. The van der Waals surface area contributed by atoms with Crippen LogP contribution in [0.4, 0.5) is 5.69 Å². The highest BCUT2D eigenvalue weighted by Gasteiger charge is 2.03. The Morgan fingerprint density at radius 1 is 1.18 bits per heavy atom. The van der Waals surface area contributed by atoms with Gasteiger partial charge in [-0.05, 0) is 54.8 Å². The van der Waals surface area contributed by atoms with Crippen molar-refractivity contribution in [3.05, 3.63) is 64.2 Å². The predicted octanol–water partition coefficient (Wildman–Crippen LogP) is 3.95. The summed E-state index contributed by atoms with van der Waals surface area (Å²) in [7, 11) is 0. The summed E-state index contributed by atoms with van der Waals surface area (Å²) >= 11 is 5.78. The monoisotopic (exact) mass is 316 g/mol. The van der Waals surface area contributed by atoms with Gasteiger partial charge in [-0.3, -0.25) is 4.79 Å². The Bertz CT molecular complexity index is 682. The van der Waals surface area contributed by atoms with Gasteiger partial charge in [-0.1, -0.05) is 35.0 Å². The van der Waals surface area contributed by atoms with E-state index in [2.05, 4.69) is 10.5 Å². The number of halogens is 1. The summed E-state index contributed by atoms with van der Waals surface area (Å²) in [5, 5.41) is 7.17. The minimum absolute atomic E-state index is 0.142. The van der Waals surface area contributed by atoms with Crippen molar-refractivity contribution >= 4 is 29.4 Å². The van der Waals surface area contributed by atoms with E-state index in [0.717, 1.165) is 16.8 Å². The lowest BCUT2D eigenvalue weighted by Crippen LogP contribution is -2.17. The van der Waals surface area contributed by atoms with Crippen LogP contribution in [-0.4, -0.2) is 18.7 Å². The van der Waals surface area contributed by atoms with Gasteiger partial charge in [0.05, 0.1) is 6.21 Å². The van der Waals surface area contributed by atoms with Gasteiger partial charge < -0.3 is 10.2 Å². The first-order valence-electron chi connectivity index (χ1n) is 6.82. The molecule has 1 amide bonds. The van der Waals surface area contributed by atoms with Crippen LogP contribution in [0, 0.1) is 13.8 Å². The van der Waals surface area contributed by atoms with Crippen LogP contribution in [-0.2, 0) is 9.63 Å². The Kier molecular flexibility index (Phi) is 5.55. The number of carbonyl (C=O) groups excluding carboxylic acids is 1. The number of hydrogen-bond acceptors (Lipinski definition) is 3. The van der Waals surface area contributed by atoms with Crippen LogP contribution in [0.3, 0.4) is 0 Å². The molecule has 0 aliphatic carbocycles. The summed E-state index contributed by atoms with van der Waals surface area (Å²) in [6.07, 6.45) is 1.53. The van der Waals surface area contributed by atoms with Gasteiger partial charge in [0.2, 0.25) is 0 Å². The predicted molar refractivity (Wildman–Crippen MR) is 89.5 cm³/mol. The largest absolute Gasteiger partial charge is 0.386 e. The van der Waals surface area contributed by atoms with Crippen molar-refractivity contribution in [3.63, 3.8) is 0 Å². The molecule has 0 aliphatic rings. The van der Waals surface area contributed by atoms with E-state index in [1.165, 1.54) is 11.8 Å². The first kappa shape index (κ1) is 16.0. The molecular formula is C17H17ClN2O2. The molecule has 0 saturated carbocycles. The van der Waals surface area contributed by atoms with Gasteiger partial charge in [-0.15, -0.1) is 0 Å². The van der Waals surface area contributed by atoms with Crippen molar-refractivity contribution in [2.24, 2.45) is 5.16 Å². The van der Waals surface area contributed by atoms with Crippen LogP contribution in [0.25, 0.3) is 0 Å². The quantitative estimate of drug-likeness (QED) is 0.671. The van der Waals surface area contributed by atoms with Crippen LogP contribution >= 0.6 is 11.6 Å². The van der Waals surface area contributed by atoms with Gasteiger partial charge >= 0.3 is 0 Å². The van der Waals surface area contributed by atoms with Gasteiger partial charge in [-0.25, -0.2) is 0 Å². The summed E-state index contributed by atoms with van der Waals surface area (Å²) < 4.78 is 0. The van der Waals surface area contributed by atoms with Crippen molar-refractivity contribution in [3.8, 4) is 0 Å². The number of rotatable bonds is 5. The number of nitrogens with zero attached hydrogens (tertiary/aromatic N) is 1. The second kappa shape index (κ2) is 7.61. The molecule has 0 spiro atoms.